The molecule has 2 aliphatic rings. The SMILES string of the molecule is CCNc1cc(C2CCCC2)nc(C2CCS(=O)(=O)C2)n1. The number of sulfone groups is 1. The fraction of sp³-hybridized carbons (Fsp3) is 0.733. The molecule has 1 N–H and O–H groups in total. The second-order valence-corrected chi connectivity index (χ2v) is 8.38. The Morgan fingerprint density at radius 1 is 1.19 bits per heavy atom. The minimum atomic E-state index is -2.90. The molecule has 5 nitrogen and oxygen atoms in total. The molecule has 1 aliphatic carbocycles. The summed E-state index contributed by atoms with van der Waals surface area (Å²) in [6, 6.07) is 2.05. The van der Waals surface area contributed by atoms with Crippen molar-refractivity contribution in [3.8, 4) is 0 Å². The molecule has 3 rings (SSSR count). The number of aromatic nitrogens is 2. The van der Waals surface area contributed by atoms with Crippen LogP contribution in [0, 0.1) is 0 Å². The van der Waals surface area contributed by atoms with E-state index in [0.717, 1.165) is 23.9 Å². The number of hydrogen-bond acceptors (Lipinski definition) is 5. The monoisotopic (exact) mass is 309 g/mol. The number of rotatable bonds is 4. The van der Waals surface area contributed by atoms with Gasteiger partial charge in [-0.25, -0.2) is 18.4 Å². The van der Waals surface area contributed by atoms with E-state index in [4.69, 9.17) is 4.98 Å². The molecule has 1 atom stereocenters. The predicted octanol–water partition coefficient (Wildman–Crippen LogP) is 2.47. The molecular weight excluding hydrogens is 286 g/mol. The Bertz CT molecular complexity index is 609. The summed E-state index contributed by atoms with van der Waals surface area (Å²) in [5, 5.41) is 3.26. The third-order valence-electron chi connectivity index (χ3n) is 4.49. The lowest BCUT2D eigenvalue weighted by molar-refractivity contribution is 0.600. The standard InChI is InChI=1S/C15H23N3O2S/c1-2-16-14-9-13(11-5-3-4-6-11)17-15(18-14)12-7-8-21(19,20)10-12/h9,11-12H,2-8,10H2,1H3,(H,16,17,18). The van der Waals surface area contributed by atoms with Gasteiger partial charge in [-0.05, 0) is 26.2 Å². The lowest BCUT2D eigenvalue weighted by atomic mass is 10.0. The summed E-state index contributed by atoms with van der Waals surface area (Å²) >= 11 is 0. The fourth-order valence-electron chi connectivity index (χ4n) is 3.37. The van der Waals surface area contributed by atoms with Gasteiger partial charge in [0.1, 0.15) is 11.6 Å². The van der Waals surface area contributed by atoms with Gasteiger partial charge in [0.25, 0.3) is 0 Å². The molecule has 116 valence electrons. The van der Waals surface area contributed by atoms with Crippen LogP contribution in [-0.2, 0) is 9.84 Å². The predicted molar refractivity (Wildman–Crippen MR) is 83.4 cm³/mol. The normalized spacial score (nSPS) is 25.3. The molecule has 0 aromatic carbocycles. The van der Waals surface area contributed by atoms with Gasteiger partial charge in [0.15, 0.2) is 9.84 Å². The van der Waals surface area contributed by atoms with Crippen LogP contribution in [0.2, 0.25) is 0 Å². The molecule has 1 aliphatic heterocycles. The smallest absolute Gasteiger partial charge is 0.151 e. The van der Waals surface area contributed by atoms with Gasteiger partial charge in [-0.15, -0.1) is 0 Å². The average Bonchev–Trinajstić information content (AvgIpc) is 3.08. The maximum absolute atomic E-state index is 11.7. The highest BCUT2D eigenvalue weighted by Gasteiger charge is 2.32. The molecule has 2 heterocycles. The van der Waals surface area contributed by atoms with Gasteiger partial charge in [0, 0.05) is 30.1 Å². The van der Waals surface area contributed by atoms with Crippen molar-refractivity contribution < 1.29 is 8.42 Å². The highest BCUT2D eigenvalue weighted by Crippen LogP contribution is 2.35. The van der Waals surface area contributed by atoms with Crippen molar-refractivity contribution in [2.45, 2.75) is 50.9 Å². The summed E-state index contributed by atoms with van der Waals surface area (Å²) in [5.74, 6) is 2.51. The van der Waals surface area contributed by atoms with Crippen LogP contribution in [0.5, 0.6) is 0 Å². The molecule has 21 heavy (non-hydrogen) atoms. The molecule has 1 saturated carbocycles. The van der Waals surface area contributed by atoms with Crippen molar-refractivity contribution in [3.63, 3.8) is 0 Å². The average molecular weight is 309 g/mol. The number of hydrogen-bond donors (Lipinski definition) is 1. The molecule has 1 saturated heterocycles. The van der Waals surface area contributed by atoms with Crippen LogP contribution in [0.25, 0.3) is 0 Å². The van der Waals surface area contributed by atoms with E-state index in [0.29, 0.717) is 12.3 Å². The second kappa shape index (κ2) is 5.91. The number of nitrogens with zero attached hydrogens (tertiary/aromatic N) is 2. The van der Waals surface area contributed by atoms with E-state index in [9.17, 15) is 8.42 Å². The maximum atomic E-state index is 11.7. The van der Waals surface area contributed by atoms with Gasteiger partial charge in [-0.1, -0.05) is 12.8 Å². The van der Waals surface area contributed by atoms with Gasteiger partial charge in [-0.2, -0.15) is 0 Å². The Labute approximate surface area is 126 Å². The minimum Gasteiger partial charge on any atom is -0.370 e. The molecule has 2 fully saturated rings. The van der Waals surface area contributed by atoms with E-state index in [1.807, 2.05) is 13.0 Å². The van der Waals surface area contributed by atoms with E-state index >= 15 is 0 Å². The van der Waals surface area contributed by atoms with E-state index in [1.54, 1.807) is 0 Å². The van der Waals surface area contributed by atoms with Crippen molar-refractivity contribution >= 4 is 15.7 Å². The van der Waals surface area contributed by atoms with Crippen molar-refractivity contribution in [2.75, 3.05) is 23.4 Å². The van der Waals surface area contributed by atoms with Crippen LogP contribution in [0.15, 0.2) is 6.07 Å². The Balaban J connectivity index is 1.91. The first-order chi connectivity index (χ1) is 10.1. The number of nitrogens with one attached hydrogen (secondary N) is 1. The van der Waals surface area contributed by atoms with Crippen LogP contribution in [0.4, 0.5) is 5.82 Å². The Morgan fingerprint density at radius 3 is 2.57 bits per heavy atom. The fourth-order valence-corrected chi connectivity index (χ4v) is 5.11. The minimum absolute atomic E-state index is 0.0336. The summed E-state index contributed by atoms with van der Waals surface area (Å²) < 4.78 is 23.4. The van der Waals surface area contributed by atoms with Crippen LogP contribution in [-0.4, -0.2) is 36.4 Å². The van der Waals surface area contributed by atoms with E-state index < -0.39 is 9.84 Å². The summed E-state index contributed by atoms with van der Waals surface area (Å²) in [5.41, 5.74) is 1.10. The Kier molecular flexibility index (Phi) is 4.15. The molecular formula is C15H23N3O2S. The summed E-state index contributed by atoms with van der Waals surface area (Å²) in [7, 11) is -2.90. The van der Waals surface area contributed by atoms with Gasteiger partial charge in [0.05, 0.1) is 11.5 Å². The first-order valence-corrected chi connectivity index (χ1v) is 9.72. The zero-order valence-corrected chi connectivity index (χ0v) is 13.3. The van der Waals surface area contributed by atoms with Crippen LogP contribution in [0.1, 0.15) is 62.4 Å². The third kappa shape index (κ3) is 3.36. The first kappa shape index (κ1) is 14.8. The summed E-state index contributed by atoms with van der Waals surface area (Å²) in [4.78, 5) is 9.29. The van der Waals surface area contributed by atoms with Crippen LogP contribution < -0.4 is 5.32 Å². The molecule has 1 aromatic heterocycles. The second-order valence-electron chi connectivity index (χ2n) is 6.15. The highest BCUT2D eigenvalue weighted by molar-refractivity contribution is 7.91. The highest BCUT2D eigenvalue weighted by atomic mass is 32.2. The Morgan fingerprint density at radius 2 is 1.95 bits per heavy atom. The maximum Gasteiger partial charge on any atom is 0.151 e. The van der Waals surface area contributed by atoms with Crippen LogP contribution in [0.3, 0.4) is 0 Å². The Hall–Kier alpha value is -1.17. The zero-order chi connectivity index (χ0) is 14.9. The van der Waals surface area contributed by atoms with Crippen molar-refractivity contribution in [3.05, 3.63) is 17.6 Å². The van der Waals surface area contributed by atoms with Crippen molar-refractivity contribution in [1.29, 1.82) is 0 Å². The molecule has 6 heteroatoms. The first-order valence-electron chi connectivity index (χ1n) is 7.90. The van der Waals surface area contributed by atoms with Crippen LogP contribution >= 0.6 is 0 Å². The van der Waals surface area contributed by atoms with Gasteiger partial charge >= 0.3 is 0 Å². The van der Waals surface area contributed by atoms with Crippen molar-refractivity contribution in [1.82, 2.24) is 9.97 Å². The van der Waals surface area contributed by atoms with Gasteiger partial charge in [-0.3, -0.25) is 0 Å². The molecule has 0 amide bonds. The third-order valence-corrected chi connectivity index (χ3v) is 6.26. The summed E-state index contributed by atoms with van der Waals surface area (Å²) in [6.45, 7) is 2.85. The zero-order valence-electron chi connectivity index (χ0n) is 12.5. The molecule has 0 spiro atoms. The van der Waals surface area contributed by atoms with Crippen molar-refractivity contribution in [2.24, 2.45) is 0 Å². The molecule has 0 bridgehead atoms. The van der Waals surface area contributed by atoms with Gasteiger partial charge in [0.2, 0.25) is 0 Å². The van der Waals surface area contributed by atoms with E-state index in [1.165, 1.54) is 25.7 Å². The summed E-state index contributed by atoms with van der Waals surface area (Å²) in [6.07, 6.45) is 5.55. The largest absolute Gasteiger partial charge is 0.370 e. The van der Waals surface area contributed by atoms with E-state index in [-0.39, 0.29) is 17.4 Å². The molecule has 1 aromatic rings. The lowest BCUT2D eigenvalue weighted by Crippen LogP contribution is -2.12. The lowest BCUT2D eigenvalue weighted by Gasteiger charge is -2.15. The van der Waals surface area contributed by atoms with E-state index in [2.05, 4.69) is 10.3 Å². The van der Waals surface area contributed by atoms with Gasteiger partial charge < -0.3 is 5.32 Å². The topological polar surface area (TPSA) is 72.0 Å². The molecule has 0 radical (unpaired) electrons. The molecule has 1 unspecified atom stereocenters. The number of anilines is 1. The quantitative estimate of drug-likeness (QED) is 0.925.